The molecule has 0 radical (unpaired) electrons. The van der Waals surface area contributed by atoms with E-state index in [2.05, 4.69) is 25.4 Å². The summed E-state index contributed by atoms with van der Waals surface area (Å²) in [7, 11) is 0. The van der Waals surface area contributed by atoms with Gasteiger partial charge in [0.1, 0.15) is 0 Å². The fourth-order valence-corrected chi connectivity index (χ4v) is 2.11. The van der Waals surface area contributed by atoms with Crippen molar-refractivity contribution in [3.63, 3.8) is 0 Å². The fraction of sp³-hybridized carbons (Fsp3) is 0.200. The van der Waals surface area contributed by atoms with E-state index in [-0.39, 0.29) is 43.0 Å². The van der Waals surface area contributed by atoms with E-state index < -0.39 is 23.6 Å². The van der Waals surface area contributed by atoms with Gasteiger partial charge in [0.25, 0.3) is 0 Å². The van der Waals surface area contributed by atoms with Crippen molar-refractivity contribution in [1.82, 2.24) is 30.2 Å². The third kappa shape index (κ3) is 5.37. The average molecular weight is 414 g/mol. The number of carboxylic acids is 1. The SMILES string of the molecule is Cl.N[C@@H](CC(=O)O)Cn1nnc(-c2ccc(Oc3ncc(F)cn3)c(F)c2)n1. The summed E-state index contributed by atoms with van der Waals surface area (Å²) >= 11 is 0. The summed E-state index contributed by atoms with van der Waals surface area (Å²) in [6, 6.07) is 3.03. The van der Waals surface area contributed by atoms with Crippen LogP contribution in [-0.2, 0) is 11.3 Å². The molecule has 10 nitrogen and oxygen atoms in total. The molecular weight excluding hydrogens is 400 g/mol. The Morgan fingerprint density at radius 2 is 2.00 bits per heavy atom. The molecule has 0 aliphatic carbocycles. The molecule has 0 bridgehead atoms. The quantitative estimate of drug-likeness (QED) is 0.587. The van der Waals surface area contributed by atoms with Gasteiger partial charge in [-0.25, -0.2) is 18.7 Å². The van der Waals surface area contributed by atoms with Crippen LogP contribution in [0.1, 0.15) is 6.42 Å². The lowest BCUT2D eigenvalue weighted by atomic mass is 10.2. The van der Waals surface area contributed by atoms with E-state index in [0.717, 1.165) is 23.3 Å². The molecule has 3 aromatic rings. The second kappa shape index (κ2) is 9.10. The molecule has 3 rings (SSSR count). The molecular formula is C15H14ClF2N7O3. The Morgan fingerprint density at radius 3 is 2.64 bits per heavy atom. The van der Waals surface area contributed by atoms with Crippen LogP contribution < -0.4 is 10.5 Å². The Bertz CT molecular complexity index is 955. The summed E-state index contributed by atoms with van der Waals surface area (Å²) in [5.74, 6) is -2.46. The highest BCUT2D eigenvalue weighted by Gasteiger charge is 2.14. The van der Waals surface area contributed by atoms with Gasteiger partial charge in [0.05, 0.1) is 25.4 Å². The molecule has 2 heterocycles. The molecule has 28 heavy (non-hydrogen) atoms. The van der Waals surface area contributed by atoms with Gasteiger partial charge in [-0.15, -0.1) is 22.6 Å². The maximum Gasteiger partial charge on any atom is 0.322 e. The molecule has 0 saturated heterocycles. The van der Waals surface area contributed by atoms with E-state index in [9.17, 15) is 13.6 Å². The standard InChI is InChI=1S/C15H13F2N7O3.ClH/c16-9-5-19-15(20-6-9)27-12-2-1-8(3-11(12)17)14-21-23-24(22-14)7-10(18)4-13(25)26;/h1-3,5-6,10H,4,7,18H2,(H,25,26);1H/t10-;/m0./s1. The molecule has 0 aliphatic rings. The first-order chi connectivity index (χ1) is 12.9. The van der Waals surface area contributed by atoms with Crippen LogP contribution in [0.5, 0.6) is 11.8 Å². The van der Waals surface area contributed by atoms with Crippen LogP contribution in [0.25, 0.3) is 11.4 Å². The smallest absolute Gasteiger partial charge is 0.322 e. The van der Waals surface area contributed by atoms with E-state index in [1.54, 1.807) is 0 Å². The molecule has 148 valence electrons. The Kier molecular flexibility index (Phi) is 6.84. The molecule has 0 amide bonds. The number of hydrogen-bond acceptors (Lipinski definition) is 8. The molecule has 0 spiro atoms. The lowest BCUT2D eigenvalue weighted by molar-refractivity contribution is -0.137. The molecule has 0 saturated carbocycles. The van der Waals surface area contributed by atoms with Gasteiger partial charge in [-0.05, 0) is 23.4 Å². The maximum atomic E-state index is 14.2. The van der Waals surface area contributed by atoms with E-state index in [1.807, 2.05) is 0 Å². The van der Waals surface area contributed by atoms with E-state index in [0.29, 0.717) is 5.56 Å². The molecule has 1 atom stereocenters. The summed E-state index contributed by atoms with van der Waals surface area (Å²) in [5, 5.41) is 20.3. The first-order valence-corrected chi connectivity index (χ1v) is 7.61. The molecule has 13 heteroatoms. The highest BCUT2D eigenvalue weighted by atomic mass is 35.5. The second-order valence-corrected chi connectivity index (χ2v) is 5.46. The summed E-state index contributed by atoms with van der Waals surface area (Å²) < 4.78 is 32.2. The minimum atomic E-state index is -1.04. The number of hydrogen-bond donors (Lipinski definition) is 2. The number of aliphatic carboxylic acids is 1. The number of halogens is 3. The number of tetrazole rings is 1. The van der Waals surface area contributed by atoms with Gasteiger partial charge in [0.2, 0.25) is 5.82 Å². The molecule has 1 aromatic carbocycles. The number of nitrogens with two attached hydrogens (primary N) is 1. The summed E-state index contributed by atoms with van der Waals surface area (Å²) in [4.78, 5) is 18.9. The van der Waals surface area contributed by atoms with Gasteiger partial charge in [-0.3, -0.25) is 4.79 Å². The maximum absolute atomic E-state index is 14.2. The van der Waals surface area contributed by atoms with Crippen molar-refractivity contribution < 1.29 is 23.4 Å². The van der Waals surface area contributed by atoms with Crippen molar-refractivity contribution in [2.45, 2.75) is 19.0 Å². The summed E-state index contributed by atoms with van der Waals surface area (Å²) in [6.45, 7) is 0.0465. The van der Waals surface area contributed by atoms with Crippen molar-refractivity contribution in [3.8, 4) is 23.1 Å². The number of ether oxygens (including phenoxy) is 1. The van der Waals surface area contributed by atoms with Gasteiger partial charge in [0.15, 0.2) is 17.4 Å². The molecule has 2 aromatic heterocycles. The van der Waals surface area contributed by atoms with Crippen LogP contribution in [0.2, 0.25) is 0 Å². The van der Waals surface area contributed by atoms with Gasteiger partial charge in [-0.2, -0.15) is 4.80 Å². The van der Waals surface area contributed by atoms with Gasteiger partial charge in [0, 0.05) is 11.6 Å². The average Bonchev–Trinajstić information content (AvgIpc) is 3.06. The van der Waals surface area contributed by atoms with Gasteiger partial charge < -0.3 is 15.6 Å². The third-order valence-electron chi connectivity index (χ3n) is 3.28. The normalized spacial score (nSPS) is 11.5. The third-order valence-corrected chi connectivity index (χ3v) is 3.28. The van der Waals surface area contributed by atoms with Crippen molar-refractivity contribution in [1.29, 1.82) is 0 Å². The number of nitrogens with zero attached hydrogens (tertiary/aromatic N) is 6. The van der Waals surface area contributed by atoms with Crippen LogP contribution in [-0.4, -0.2) is 47.3 Å². The largest absolute Gasteiger partial charge is 0.481 e. The van der Waals surface area contributed by atoms with E-state index >= 15 is 0 Å². The summed E-state index contributed by atoms with van der Waals surface area (Å²) in [6.07, 6.45) is 1.54. The Balaban J connectivity index is 0.00000280. The van der Waals surface area contributed by atoms with Crippen LogP contribution in [0.3, 0.4) is 0 Å². The van der Waals surface area contributed by atoms with Crippen LogP contribution >= 0.6 is 12.4 Å². The lowest BCUT2D eigenvalue weighted by Crippen LogP contribution is -2.30. The van der Waals surface area contributed by atoms with Gasteiger partial charge >= 0.3 is 12.0 Å². The van der Waals surface area contributed by atoms with E-state index in [4.69, 9.17) is 15.6 Å². The fourth-order valence-electron chi connectivity index (χ4n) is 2.11. The predicted molar refractivity (Wildman–Crippen MR) is 92.8 cm³/mol. The zero-order valence-corrected chi connectivity index (χ0v) is 14.9. The van der Waals surface area contributed by atoms with Crippen LogP contribution in [0, 0.1) is 11.6 Å². The molecule has 0 unspecified atom stereocenters. The Labute approximate surface area is 162 Å². The minimum Gasteiger partial charge on any atom is -0.481 e. The number of benzene rings is 1. The number of aromatic nitrogens is 6. The van der Waals surface area contributed by atoms with Gasteiger partial charge in [-0.1, -0.05) is 0 Å². The van der Waals surface area contributed by atoms with E-state index in [1.165, 1.54) is 12.1 Å². The second-order valence-electron chi connectivity index (χ2n) is 5.46. The number of carboxylic acid groups (broad SMARTS) is 1. The lowest BCUT2D eigenvalue weighted by Gasteiger charge is -2.06. The first-order valence-electron chi connectivity index (χ1n) is 7.61. The molecule has 0 fully saturated rings. The van der Waals surface area contributed by atoms with Crippen LogP contribution in [0.15, 0.2) is 30.6 Å². The number of carbonyl (C=O) groups is 1. The minimum absolute atomic E-state index is 0. The highest BCUT2D eigenvalue weighted by Crippen LogP contribution is 2.26. The van der Waals surface area contributed by atoms with Crippen molar-refractivity contribution >= 4 is 18.4 Å². The summed E-state index contributed by atoms with van der Waals surface area (Å²) in [5.41, 5.74) is 5.98. The topological polar surface area (TPSA) is 142 Å². The predicted octanol–water partition coefficient (Wildman–Crippen LogP) is 1.42. The van der Waals surface area contributed by atoms with Crippen molar-refractivity contribution in [2.24, 2.45) is 5.73 Å². The Hall–Kier alpha value is -3.25. The number of rotatable bonds is 7. The Morgan fingerprint density at radius 1 is 1.29 bits per heavy atom. The zero-order chi connectivity index (χ0) is 19.4. The molecule has 0 aliphatic heterocycles. The monoisotopic (exact) mass is 413 g/mol. The van der Waals surface area contributed by atoms with Crippen molar-refractivity contribution in [3.05, 3.63) is 42.2 Å². The van der Waals surface area contributed by atoms with Crippen LogP contribution in [0.4, 0.5) is 8.78 Å². The van der Waals surface area contributed by atoms with Crippen molar-refractivity contribution in [2.75, 3.05) is 0 Å². The zero-order valence-electron chi connectivity index (χ0n) is 14.1. The highest BCUT2D eigenvalue weighted by molar-refractivity contribution is 5.85. The molecule has 3 N–H and O–H groups in total. The first kappa shape index (κ1) is 21.1.